The first-order valence-electron chi connectivity index (χ1n) is 5.95. The second-order valence-corrected chi connectivity index (χ2v) is 5.97. The minimum atomic E-state index is 0.834. The van der Waals surface area contributed by atoms with Crippen LogP contribution < -0.4 is 0 Å². The van der Waals surface area contributed by atoms with Gasteiger partial charge in [-0.15, -0.1) is 0 Å². The van der Waals surface area contributed by atoms with E-state index in [1.54, 1.807) is 0 Å². The Balaban J connectivity index is 1.76. The Labute approximate surface area is 121 Å². The molecule has 0 atom stereocenters. The molecule has 0 saturated heterocycles. The monoisotopic (exact) mass is 321 g/mol. The molecule has 0 N–H and O–H groups in total. The van der Waals surface area contributed by atoms with Crippen LogP contribution >= 0.6 is 27.5 Å². The fourth-order valence-electron chi connectivity index (χ4n) is 2.41. The summed E-state index contributed by atoms with van der Waals surface area (Å²) in [5.74, 6) is 0. The summed E-state index contributed by atoms with van der Waals surface area (Å²) >= 11 is 9.70. The Morgan fingerprint density at radius 3 is 2.33 bits per heavy atom. The van der Waals surface area contributed by atoms with Gasteiger partial charge in [-0.25, -0.2) is 0 Å². The van der Waals surface area contributed by atoms with Crippen LogP contribution in [0, 0.1) is 0 Å². The van der Waals surface area contributed by atoms with Crippen molar-refractivity contribution in [2.24, 2.45) is 0 Å². The summed E-state index contributed by atoms with van der Waals surface area (Å²) in [5, 5.41) is 0.834. The normalized spacial score (nSPS) is 14.8. The molecule has 0 unspecified atom stereocenters. The summed E-state index contributed by atoms with van der Waals surface area (Å²) in [4.78, 5) is 2.42. The third-order valence-electron chi connectivity index (χ3n) is 3.32. The Morgan fingerprint density at radius 2 is 1.72 bits per heavy atom. The van der Waals surface area contributed by atoms with Crippen LogP contribution in [0.1, 0.15) is 16.7 Å². The van der Waals surface area contributed by atoms with E-state index in [2.05, 4.69) is 51.2 Å². The van der Waals surface area contributed by atoms with Gasteiger partial charge in [-0.1, -0.05) is 57.9 Å². The lowest BCUT2D eigenvalue weighted by Crippen LogP contribution is -2.15. The molecule has 1 aliphatic heterocycles. The maximum atomic E-state index is 6.26. The Kier molecular flexibility index (Phi) is 3.42. The van der Waals surface area contributed by atoms with Gasteiger partial charge >= 0.3 is 0 Å². The van der Waals surface area contributed by atoms with Gasteiger partial charge in [-0.2, -0.15) is 0 Å². The van der Waals surface area contributed by atoms with Gasteiger partial charge in [0.15, 0.2) is 0 Å². The lowest BCUT2D eigenvalue weighted by atomic mass is 10.1. The van der Waals surface area contributed by atoms with Gasteiger partial charge in [-0.3, -0.25) is 4.90 Å². The molecule has 0 amide bonds. The molecule has 0 spiro atoms. The molecule has 2 aromatic rings. The van der Waals surface area contributed by atoms with Gasteiger partial charge < -0.3 is 0 Å². The predicted octanol–water partition coefficient (Wildman–Crippen LogP) is 4.62. The number of hydrogen-bond acceptors (Lipinski definition) is 1. The molecular formula is C15H13BrClN. The van der Waals surface area contributed by atoms with E-state index in [1.165, 1.54) is 16.7 Å². The van der Waals surface area contributed by atoms with E-state index in [4.69, 9.17) is 11.6 Å². The number of hydrogen-bond donors (Lipinski definition) is 0. The quantitative estimate of drug-likeness (QED) is 0.780. The first-order chi connectivity index (χ1) is 8.72. The molecule has 1 aliphatic rings. The lowest BCUT2D eigenvalue weighted by Gasteiger charge is -2.15. The summed E-state index contributed by atoms with van der Waals surface area (Å²) in [5.41, 5.74) is 4.06. The molecular weight excluding hydrogens is 310 g/mol. The van der Waals surface area contributed by atoms with E-state index in [1.807, 2.05) is 12.1 Å². The third-order valence-corrected chi connectivity index (χ3v) is 4.16. The van der Waals surface area contributed by atoms with E-state index in [9.17, 15) is 0 Å². The molecule has 0 saturated carbocycles. The molecule has 0 fully saturated rings. The highest BCUT2D eigenvalue weighted by atomic mass is 79.9. The van der Waals surface area contributed by atoms with Gasteiger partial charge in [0, 0.05) is 29.1 Å². The highest BCUT2D eigenvalue weighted by Crippen LogP contribution is 2.27. The van der Waals surface area contributed by atoms with E-state index in [0.29, 0.717) is 0 Å². The van der Waals surface area contributed by atoms with E-state index < -0.39 is 0 Å². The first kappa shape index (κ1) is 12.2. The van der Waals surface area contributed by atoms with Gasteiger partial charge in [0.05, 0.1) is 0 Å². The second kappa shape index (κ2) is 5.04. The van der Waals surface area contributed by atoms with Gasteiger partial charge in [0.25, 0.3) is 0 Å². The summed E-state index contributed by atoms with van der Waals surface area (Å²) in [7, 11) is 0. The van der Waals surface area contributed by atoms with Crippen molar-refractivity contribution in [2.45, 2.75) is 19.6 Å². The van der Waals surface area contributed by atoms with Crippen molar-refractivity contribution in [2.75, 3.05) is 0 Å². The van der Waals surface area contributed by atoms with Crippen LogP contribution in [0.3, 0.4) is 0 Å². The van der Waals surface area contributed by atoms with Crippen molar-refractivity contribution < 1.29 is 0 Å². The first-order valence-corrected chi connectivity index (χ1v) is 7.12. The largest absolute Gasteiger partial charge is 0.291 e. The Hall–Kier alpha value is -0.830. The van der Waals surface area contributed by atoms with Crippen LogP contribution in [-0.4, -0.2) is 4.90 Å². The number of rotatable bonds is 2. The molecule has 3 rings (SSSR count). The lowest BCUT2D eigenvalue weighted by molar-refractivity contribution is 0.275. The number of fused-ring (bicyclic) bond motifs is 1. The molecule has 0 aromatic heterocycles. The predicted molar refractivity (Wildman–Crippen MR) is 78.5 cm³/mol. The average molecular weight is 323 g/mol. The summed E-state index contributed by atoms with van der Waals surface area (Å²) in [6.45, 7) is 2.94. The van der Waals surface area contributed by atoms with E-state index >= 15 is 0 Å². The fraction of sp³-hybridized carbons (Fsp3) is 0.200. The zero-order valence-electron chi connectivity index (χ0n) is 9.87. The molecule has 3 heteroatoms. The zero-order chi connectivity index (χ0) is 12.5. The van der Waals surface area contributed by atoms with Crippen molar-refractivity contribution in [3.05, 3.63) is 68.7 Å². The molecule has 92 valence electrons. The second-order valence-electron chi connectivity index (χ2n) is 4.65. The van der Waals surface area contributed by atoms with Crippen LogP contribution in [0.2, 0.25) is 5.02 Å². The van der Waals surface area contributed by atoms with Crippen LogP contribution in [0.15, 0.2) is 46.9 Å². The van der Waals surface area contributed by atoms with Crippen LogP contribution in [0.5, 0.6) is 0 Å². The molecule has 2 aromatic carbocycles. The summed E-state index contributed by atoms with van der Waals surface area (Å²) in [6.07, 6.45) is 0. The summed E-state index contributed by atoms with van der Waals surface area (Å²) < 4.78 is 1.03. The van der Waals surface area contributed by atoms with Gasteiger partial charge in [0.2, 0.25) is 0 Å². The molecule has 0 radical (unpaired) electrons. The van der Waals surface area contributed by atoms with Crippen molar-refractivity contribution in [1.82, 2.24) is 4.90 Å². The molecule has 0 aliphatic carbocycles. The van der Waals surface area contributed by atoms with Crippen molar-refractivity contribution in [3.63, 3.8) is 0 Å². The maximum Gasteiger partial charge on any atom is 0.0462 e. The number of halogens is 2. The zero-order valence-corrected chi connectivity index (χ0v) is 12.2. The number of benzene rings is 2. The maximum absolute atomic E-state index is 6.26. The van der Waals surface area contributed by atoms with Gasteiger partial charge in [0.1, 0.15) is 0 Å². The molecule has 1 nitrogen and oxygen atoms in total. The third kappa shape index (κ3) is 2.46. The summed E-state index contributed by atoms with van der Waals surface area (Å²) in [6, 6.07) is 14.7. The fourth-order valence-corrected chi connectivity index (χ4v) is 3.14. The van der Waals surface area contributed by atoms with Gasteiger partial charge in [-0.05, 0) is 28.8 Å². The van der Waals surface area contributed by atoms with Crippen molar-refractivity contribution in [1.29, 1.82) is 0 Å². The Morgan fingerprint density at radius 1 is 1.06 bits per heavy atom. The molecule has 18 heavy (non-hydrogen) atoms. The highest BCUT2D eigenvalue weighted by molar-refractivity contribution is 9.10. The highest BCUT2D eigenvalue weighted by Gasteiger charge is 2.18. The van der Waals surface area contributed by atoms with Crippen LogP contribution in [0.4, 0.5) is 0 Å². The van der Waals surface area contributed by atoms with E-state index in [0.717, 1.165) is 29.1 Å². The van der Waals surface area contributed by atoms with E-state index in [-0.39, 0.29) is 0 Å². The topological polar surface area (TPSA) is 3.24 Å². The number of nitrogens with zero attached hydrogens (tertiary/aromatic N) is 1. The standard InChI is InChI=1S/C15H13BrClN/c16-14-6-5-13(15(17)7-14)10-18-8-11-3-1-2-4-12(11)9-18/h1-7H,8-10H2. The Bertz CT molecular complexity index is 557. The van der Waals surface area contributed by atoms with Crippen LogP contribution in [-0.2, 0) is 19.6 Å². The van der Waals surface area contributed by atoms with Crippen LogP contribution in [0.25, 0.3) is 0 Å². The smallest absolute Gasteiger partial charge is 0.0462 e. The minimum absolute atomic E-state index is 0.834. The molecule has 0 bridgehead atoms. The molecule has 1 heterocycles. The minimum Gasteiger partial charge on any atom is -0.291 e. The average Bonchev–Trinajstić information content (AvgIpc) is 2.75. The van der Waals surface area contributed by atoms with Crippen molar-refractivity contribution >= 4 is 27.5 Å². The SMILES string of the molecule is Clc1cc(Br)ccc1CN1Cc2ccccc2C1. The van der Waals surface area contributed by atoms with Crippen molar-refractivity contribution in [3.8, 4) is 0 Å².